The van der Waals surface area contributed by atoms with Crippen LogP contribution in [-0.2, 0) is 0 Å². The van der Waals surface area contributed by atoms with Gasteiger partial charge in [-0.3, -0.25) is 0 Å². The monoisotopic (exact) mass is 290 g/mol. The zero-order chi connectivity index (χ0) is 14.3. The van der Waals surface area contributed by atoms with Crippen molar-refractivity contribution in [1.29, 1.82) is 0 Å². The minimum atomic E-state index is -1.30. The van der Waals surface area contributed by atoms with Crippen molar-refractivity contribution in [2.24, 2.45) is 0 Å². The molecule has 7 heteroatoms. The Morgan fingerprint density at radius 2 is 1.95 bits per heavy atom. The van der Waals surface area contributed by atoms with E-state index in [2.05, 4.69) is 9.97 Å². The largest absolute Gasteiger partial charge is 0.504 e. The fourth-order valence-electron chi connectivity index (χ4n) is 1.76. The topological polar surface area (TPSA) is 83.3 Å². The van der Waals surface area contributed by atoms with Gasteiger partial charge in [0.25, 0.3) is 0 Å². The zero-order valence-corrected chi connectivity index (χ0v) is 10.7. The summed E-state index contributed by atoms with van der Waals surface area (Å²) in [4.78, 5) is 18.8. The van der Waals surface area contributed by atoms with Gasteiger partial charge >= 0.3 is 5.97 Å². The normalized spacial score (nSPS) is 10.8. The second-order valence-electron chi connectivity index (χ2n) is 4.00. The number of pyridine rings is 1. The number of halogens is 1. The van der Waals surface area contributed by atoms with Crippen molar-refractivity contribution >= 4 is 27.5 Å². The van der Waals surface area contributed by atoms with Crippen molar-refractivity contribution < 1.29 is 19.4 Å². The lowest BCUT2D eigenvalue weighted by atomic mass is 10.2. The van der Waals surface area contributed by atoms with Crippen LogP contribution in [0.4, 0.5) is 4.39 Å². The van der Waals surface area contributed by atoms with Crippen molar-refractivity contribution in [3.63, 3.8) is 0 Å². The molecule has 0 bridgehead atoms. The van der Waals surface area contributed by atoms with Gasteiger partial charge in [0, 0.05) is 5.56 Å². The maximum absolute atomic E-state index is 12.9. The molecular formula is C13H7FN2O3S. The molecule has 0 aliphatic rings. The van der Waals surface area contributed by atoms with E-state index in [0.717, 1.165) is 11.3 Å². The zero-order valence-electron chi connectivity index (χ0n) is 9.87. The van der Waals surface area contributed by atoms with E-state index < -0.39 is 17.4 Å². The molecule has 0 spiro atoms. The molecule has 0 atom stereocenters. The fraction of sp³-hybridized carbons (Fsp3) is 0. The molecule has 3 rings (SSSR count). The van der Waals surface area contributed by atoms with Gasteiger partial charge in [-0.2, -0.15) is 0 Å². The van der Waals surface area contributed by atoms with Gasteiger partial charge in [-0.25, -0.2) is 19.2 Å². The Hall–Kier alpha value is -2.54. The molecule has 0 aliphatic carbocycles. The van der Waals surface area contributed by atoms with E-state index in [4.69, 9.17) is 5.11 Å². The van der Waals surface area contributed by atoms with Crippen LogP contribution in [0.2, 0.25) is 0 Å². The number of carboxylic acid groups (broad SMARTS) is 1. The molecule has 0 amide bonds. The van der Waals surface area contributed by atoms with E-state index in [1.54, 1.807) is 12.1 Å². The summed E-state index contributed by atoms with van der Waals surface area (Å²) in [7, 11) is 0. The van der Waals surface area contributed by atoms with Gasteiger partial charge in [0.15, 0.2) is 11.4 Å². The summed E-state index contributed by atoms with van der Waals surface area (Å²) < 4.78 is 13.2. The van der Waals surface area contributed by atoms with Crippen LogP contribution in [0.3, 0.4) is 0 Å². The number of hydrogen-bond donors (Lipinski definition) is 2. The first kappa shape index (κ1) is 12.5. The number of carboxylic acids is 1. The molecule has 0 saturated carbocycles. The standard InChI is InChI=1S/C13H7FN2O3S/c14-7-3-1-6(2-4-7)12-16-8-5-15-9(13(18)19)10(17)11(8)20-12/h1-5,17H,(H,18,19). The number of fused-ring (bicyclic) bond motifs is 1. The SMILES string of the molecule is O=C(O)c1ncc2nc(-c3ccc(F)cc3)sc2c1O. The molecule has 0 unspecified atom stereocenters. The molecule has 2 heterocycles. The smallest absolute Gasteiger partial charge is 0.358 e. The molecule has 3 aromatic rings. The number of aromatic nitrogens is 2. The summed E-state index contributed by atoms with van der Waals surface area (Å²) in [5.41, 5.74) is 0.674. The molecule has 0 radical (unpaired) electrons. The number of benzene rings is 1. The second-order valence-corrected chi connectivity index (χ2v) is 5.00. The summed E-state index contributed by atoms with van der Waals surface area (Å²) in [6.07, 6.45) is 1.29. The number of carbonyl (C=O) groups is 1. The Balaban J connectivity index is 2.18. The van der Waals surface area contributed by atoms with Gasteiger partial charge in [-0.1, -0.05) is 0 Å². The van der Waals surface area contributed by atoms with Crippen molar-refractivity contribution in [3.8, 4) is 16.3 Å². The van der Waals surface area contributed by atoms with Gasteiger partial charge in [0.1, 0.15) is 21.0 Å². The van der Waals surface area contributed by atoms with Crippen LogP contribution in [0.15, 0.2) is 30.5 Å². The molecule has 0 aliphatic heterocycles. The average Bonchev–Trinajstić information content (AvgIpc) is 2.84. The lowest BCUT2D eigenvalue weighted by molar-refractivity contribution is 0.0687. The summed E-state index contributed by atoms with van der Waals surface area (Å²) in [5, 5.41) is 19.3. The molecule has 2 N–H and O–H groups in total. The predicted octanol–water partition coefficient (Wildman–Crippen LogP) is 2.90. The first-order chi connectivity index (χ1) is 9.56. The van der Waals surface area contributed by atoms with Crippen molar-refractivity contribution in [2.75, 3.05) is 0 Å². The third-order valence-electron chi connectivity index (χ3n) is 2.70. The average molecular weight is 290 g/mol. The van der Waals surface area contributed by atoms with Crippen LogP contribution < -0.4 is 0 Å². The number of aromatic hydroxyl groups is 1. The van der Waals surface area contributed by atoms with E-state index >= 15 is 0 Å². The minimum Gasteiger partial charge on any atom is -0.504 e. The molecule has 5 nitrogen and oxygen atoms in total. The third-order valence-corrected chi connectivity index (χ3v) is 3.83. The first-order valence-corrected chi connectivity index (χ1v) is 6.35. The van der Waals surface area contributed by atoms with Crippen LogP contribution in [0.5, 0.6) is 5.75 Å². The highest BCUT2D eigenvalue weighted by molar-refractivity contribution is 7.22. The Morgan fingerprint density at radius 3 is 2.60 bits per heavy atom. The Morgan fingerprint density at radius 1 is 1.25 bits per heavy atom. The lowest BCUT2D eigenvalue weighted by Gasteiger charge is -1.97. The van der Waals surface area contributed by atoms with Gasteiger partial charge in [-0.15, -0.1) is 11.3 Å². The van der Waals surface area contributed by atoms with E-state index in [-0.39, 0.29) is 5.82 Å². The van der Waals surface area contributed by atoms with E-state index in [1.165, 1.54) is 18.3 Å². The van der Waals surface area contributed by atoms with Crippen molar-refractivity contribution in [2.45, 2.75) is 0 Å². The fourth-order valence-corrected chi connectivity index (χ4v) is 2.74. The number of aromatic carboxylic acids is 1. The highest BCUT2D eigenvalue weighted by Crippen LogP contribution is 2.36. The van der Waals surface area contributed by atoms with E-state index in [1.807, 2.05) is 0 Å². The highest BCUT2D eigenvalue weighted by Gasteiger charge is 2.18. The Bertz CT molecular complexity index is 814. The molecule has 0 fully saturated rings. The van der Waals surface area contributed by atoms with E-state index in [9.17, 15) is 14.3 Å². The number of thiazole rings is 1. The van der Waals surface area contributed by atoms with Crippen LogP contribution in [0.1, 0.15) is 10.5 Å². The van der Waals surface area contributed by atoms with Gasteiger partial charge in [-0.05, 0) is 24.3 Å². The first-order valence-electron chi connectivity index (χ1n) is 5.54. The third kappa shape index (κ3) is 1.97. The summed E-state index contributed by atoms with van der Waals surface area (Å²) in [5.74, 6) is -2.06. The number of rotatable bonds is 2. The lowest BCUT2D eigenvalue weighted by Crippen LogP contribution is -1.99. The Labute approximate surface area is 116 Å². The van der Waals surface area contributed by atoms with Crippen LogP contribution in [-0.4, -0.2) is 26.2 Å². The van der Waals surface area contributed by atoms with Crippen LogP contribution in [0, 0.1) is 5.82 Å². The number of nitrogens with zero attached hydrogens (tertiary/aromatic N) is 2. The number of hydrogen-bond acceptors (Lipinski definition) is 5. The highest BCUT2D eigenvalue weighted by atomic mass is 32.1. The van der Waals surface area contributed by atoms with Gasteiger partial charge < -0.3 is 10.2 Å². The molecule has 100 valence electrons. The quantitative estimate of drug-likeness (QED) is 0.758. The van der Waals surface area contributed by atoms with E-state index in [0.29, 0.717) is 20.8 Å². The predicted molar refractivity (Wildman–Crippen MR) is 71.4 cm³/mol. The van der Waals surface area contributed by atoms with Crippen LogP contribution >= 0.6 is 11.3 Å². The molecule has 0 saturated heterocycles. The second kappa shape index (κ2) is 4.53. The Kier molecular flexibility index (Phi) is 2.83. The minimum absolute atomic E-state index is 0.344. The van der Waals surface area contributed by atoms with Gasteiger partial charge in [0.05, 0.1) is 6.20 Å². The van der Waals surface area contributed by atoms with Gasteiger partial charge in [0.2, 0.25) is 0 Å². The molecule has 1 aromatic carbocycles. The summed E-state index contributed by atoms with van der Waals surface area (Å²) in [6, 6.07) is 5.75. The summed E-state index contributed by atoms with van der Waals surface area (Å²) in [6.45, 7) is 0. The molecule has 20 heavy (non-hydrogen) atoms. The van der Waals surface area contributed by atoms with Crippen molar-refractivity contribution in [1.82, 2.24) is 9.97 Å². The van der Waals surface area contributed by atoms with Crippen molar-refractivity contribution in [3.05, 3.63) is 42.0 Å². The maximum Gasteiger partial charge on any atom is 0.358 e. The molecule has 2 aromatic heterocycles. The summed E-state index contributed by atoms with van der Waals surface area (Å²) >= 11 is 1.13. The maximum atomic E-state index is 12.9. The van der Waals surface area contributed by atoms with Crippen LogP contribution in [0.25, 0.3) is 20.8 Å². The molecular weight excluding hydrogens is 283 g/mol.